The van der Waals surface area contributed by atoms with Gasteiger partial charge in [-0.15, -0.1) is 5.10 Å². The Morgan fingerprint density at radius 1 is 1.31 bits per heavy atom. The minimum atomic E-state index is -1.66. The van der Waals surface area contributed by atoms with Gasteiger partial charge in [0.05, 0.1) is 18.5 Å². The monoisotopic (exact) mass is 423 g/mol. The number of nitrogens with zero attached hydrogens (tertiary/aromatic N) is 4. The summed E-state index contributed by atoms with van der Waals surface area (Å²) in [5.41, 5.74) is 7.06. The highest BCUT2D eigenvalue weighted by Gasteiger charge is 2.31. The minimum absolute atomic E-state index is 0.0227. The fourth-order valence-electron chi connectivity index (χ4n) is 3.32. The first-order valence-corrected chi connectivity index (χ1v) is 10.3. The number of hydrogen-bond acceptors (Lipinski definition) is 7. The van der Waals surface area contributed by atoms with Crippen LogP contribution in [-0.4, -0.2) is 64.4 Å². The average Bonchev–Trinajstić information content (AvgIpc) is 3.34. The predicted octanol–water partition coefficient (Wildman–Crippen LogP) is 2.43. The van der Waals surface area contributed by atoms with E-state index in [1.807, 2.05) is 12.1 Å². The molecule has 0 bridgehead atoms. The zero-order valence-electron chi connectivity index (χ0n) is 15.8. The molecule has 1 aliphatic rings. The Morgan fingerprint density at radius 3 is 2.79 bits per heavy atom. The van der Waals surface area contributed by atoms with E-state index in [9.17, 15) is 13.9 Å². The van der Waals surface area contributed by atoms with Crippen LogP contribution in [-0.2, 0) is 0 Å². The molecule has 0 aliphatic carbocycles. The van der Waals surface area contributed by atoms with Crippen LogP contribution in [0.25, 0.3) is 16.2 Å². The number of piperidine rings is 1. The lowest BCUT2D eigenvalue weighted by molar-refractivity contribution is 0.166. The summed E-state index contributed by atoms with van der Waals surface area (Å²) in [5, 5.41) is 15.0. The lowest BCUT2D eigenvalue weighted by Gasteiger charge is -2.37. The molecular weight excluding hydrogens is 400 g/mol. The highest BCUT2D eigenvalue weighted by atomic mass is 32.1. The van der Waals surface area contributed by atoms with Crippen molar-refractivity contribution in [2.75, 3.05) is 37.9 Å². The van der Waals surface area contributed by atoms with Gasteiger partial charge in [-0.1, -0.05) is 23.5 Å². The highest BCUT2D eigenvalue weighted by molar-refractivity contribution is 7.20. The first-order chi connectivity index (χ1) is 14.0. The summed E-state index contributed by atoms with van der Waals surface area (Å²) in [6, 6.07) is 7.18. The number of imidazole rings is 1. The average molecular weight is 423 g/mol. The predicted molar refractivity (Wildman–Crippen MR) is 108 cm³/mol. The molecule has 3 aromatic rings. The second-order valence-electron chi connectivity index (χ2n) is 7.29. The van der Waals surface area contributed by atoms with Crippen molar-refractivity contribution in [3.8, 4) is 17.0 Å². The molecule has 3 N–H and O–H groups in total. The van der Waals surface area contributed by atoms with E-state index in [-0.39, 0.29) is 13.2 Å². The smallest absolute Gasteiger partial charge is 0.214 e. The van der Waals surface area contributed by atoms with Crippen molar-refractivity contribution < 1.29 is 18.6 Å². The van der Waals surface area contributed by atoms with Crippen LogP contribution in [0.15, 0.2) is 30.5 Å². The normalized spacial score (nSPS) is 17.6. The molecule has 7 nitrogen and oxygen atoms in total. The van der Waals surface area contributed by atoms with Crippen molar-refractivity contribution in [1.29, 1.82) is 0 Å². The molecule has 0 amide bonds. The van der Waals surface area contributed by atoms with Crippen LogP contribution < -0.4 is 15.4 Å². The summed E-state index contributed by atoms with van der Waals surface area (Å²) in [7, 11) is 0. The maximum Gasteiger partial charge on any atom is 0.214 e. The SMILES string of the molecule is NC1(CO)CCN(c2nn3c(-c4ccccc4OCC(F)CF)cnc3s2)CC1. The first kappa shape index (κ1) is 20.0. The molecule has 10 heteroatoms. The van der Waals surface area contributed by atoms with E-state index in [2.05, 4.69) is 9.88 Å². The maximum atomic E-state index is 13.3. The van der Waals surface area contributed by atoms with Gasteiger partial charge in [-0.05, 0) is 25.0 Å². The largest absolute Gasteiger partial charge is 0.490 e. The Bertz CT molecular complexity index is 971. The summed E-state index contributed by atoms with van der Waals surface area (Å²) >= 11 is 1.47. The molecule has 0 radical (unpaired) electrons. The van der Waals surface area contributed by atoms with Crippen molar-refractivity contribution in [1.82, 2.24) is 14.6 Å². The van der Waals surface area contributed by atoms with Crippen molar-refractivity contribution in [2.45, 2.75) is 24.6 Å². The summed E-state index contributed by atoms with van der Waals surface area (Å²) in [5.74, 6) is 0.453. The molecule has 1 saturated heterocycles. The van der Waals surface area contributed by atoms with Crippen molar-refractivity contribution in [3.05, 3.63) is 30.5 Å². The van der Waals surface area contributed by atoms with E-state index >= 15 is 0 Å². The van der Waals surface area contributed by atoms with E-state index in [1.165, 1.54) is 11.3 Å². The number of alkyl halides is 2. The number of fused-ring (bicyclic) bond motifs is 1. The van der Waals surface area contributed by atoms with Gasteiger partial charge in [0.15, 0.2) is 6.17 Å². The van der Waals surface area contributed by atoms with E-state index in [0.717, 1.165) is 10.1 Å². The number of rotatable bonds is 7. The second kappa shape index (κ2) is 8.21. The highest BCUT2D eigenvalue weighted by Crippen LogP contribution is 2.34. The number of aromatic nitrogens is 3. The molecule has 1 aromatic carbocycles. The topological polar surface area (TPSA) is 88.9 Å². The molecule has 2 aromatic heterocycles. The van der Waals surface area contributed by atoms with Crippen LogP contribution in [0.2, 0.25) is 0 Å². The third-order valence-electron chi connectivity index (χ3n) is 5.17. The second-order valence-corrected chi connectivity index (χ2v) is 8.22. The number of halogens is 2. The van der Waals surface area contributed by atoms with Gasteiger partial charge in [-0.2, -0.15) is 0 Å². The van der Waals surface area contributed by atoms with Crippen LogP contribution in [0.5, 0.6) is 5.75 Å². The number of nitrogens with two attached hydrogens (primary N) is 1. The van der Waals surface area contributed by atoms with Gasteiger partial charge in [-0.25, -0.2) is 18.3 Å². The summed E-state index contributed by atoms with van der Waals surface area (Å²) < 4.78 is 32.9. The molecule has 0 spiro atoms. The Morgan fingerprint density at radius 2 is 2.07 bits per heavy atom. The van der Waals surface area contributed by atoms with E-state index < -0.39 is 18.4 Å². The molecule has 0 saturated carbocycles. The lowest BCUT2D eigenvalue weighted by Crippen LogP contribution is -2.52. The molecule has 1 aliphatic heterocycles. The number of anilines is 1. The van der Waals surface area contributed by atoms with Crippen molar-refractivity contribution >= 4 is 21.4 Å². The molecule has 1 fully saturated rings. The van der Waals surface area contributed by atoms with Gasteiger partial charge in [0, 0.05) is 24.2 Å². The third kappa shape index (κ3) is 4.05. The summed E-state index contributed by atoms with van der Waals surface area (Å²) in [6.45, 7) is -0.0269. The number of aliphatic hydroxyl groups excluding tert-OH is 1. The van der Waals surface area contributed by atoms with Gasteiger partial charge >= 0.3 is 0 Å². The van der Waals surface area contributed by atoms with Gasteiger partial charge in [0.1, 0.15) is 19.0 Å². The van der Waals surface area contributed by atoms with Crippen molar-refractivity contribution in [3.63, 3.8) is 0 Å². The Kier molecular flexibility index (Phi) is 5.66. The zero-order valence-corrected chi connectivity index (χ0v) is 16.6. The fourth-order valence-corrected chi connectivity index (χ4v) is 4.25. The zero-order chi connectivity index (χ0) is 20.4. The maximum absolute atomic E-state index is 13.3. The molecule has 156 valence electrons. The number of ether oxygens (including phenoxy) is 1. The quantitative estimate of drug-likeness (QED) is 0.607. The van der Waals surface area contributed by atoms with Crippen LogP contribution in [0.3, 0.4) is 0 Å². The number of para-hydroxylation sites is 1. The molecular formula is C19H23F2N5O2S. The van der Waals surface area contributed by atoms with Crippen molar-refractivity contribution in [2.24, 2.45) is 5.73 Å². The fraction of sp³-hybridized carbons (Fsp3) is 0.474. The van der Waals surface area contributed by atoms with Crippen LogP contribution in [0.4, 0.5) is 13.9 Å². The van der Waals surface area contributed by atoms with E-state index in [4.69, 9.17) is 15.6 Å². The van der Waals surface area contributed by atoms with E-state index in [1.54, 1.807) is 22.8 Å². The van der Waals surface area contributed by atoms with Crippen LogP contribution in [0.1, 0.15) is 12.8 Å². The molecule has 29 heavy (non-hydrogen) atoms. The molecule has 1 unspecified atom stereocenters. The van der Waals surface area contributed by atoms with Gasteiger partial charge in [0.25, 0.3) is 0 Å². The first-order valence-electron chi connectivity index (χ1n) is 9.44. The van der Waals surface area contributed by atoms with Gasteiger partial charge in [0.2, 0.25) is 10.1 Å². The molecule has 3 heterocycles. The number of benzene rings is 1. The summed E-state index contributed by atoms with van der Waals surface area (Å²) in [6.07, 6.45) is 1.41. The lowest BCUT2D eigenvalue weighted by atomic mass is 9.90. The third-order valence-corrected chi connectivity index (χ3v) is 6.15. The number of aliphatic hydroxyl groups is 1. The molecule has 4 rings (SSSR count). The van der Waals surface area contributed by atoms with Crippen LogP contribution >= 0.6 is 11.3 Å². The Labute approximate surface area is 170 Å². The van der Waals surface area contributed by atoms with E-state index in [0.29, 0.717) is 42.9 Å². The standard InChI is InChI=1S/C19H23F2N5O2S/c20-9-13(21)11-28-16-4-2-1-3-14(16)15-10-23-17-26(15)24-18(29-17)25-7-5-19(22,12-27)6-8-25/h1-4,10,13,27H,5-9,11-12,22H2. The Hall–Kier alpha value is -2.30. The van der Waals surface area contributed by atoms with Crippen LogP contribution in [0, 0.1) is 0 Å². The van der Waals surface area contributed by atoms with Gasteiger partial charge in [-0.3, -0.25) is 0 Å². The Balaban J connectivity index is 1.59. The minimum Gasteiger partial charge on any atom is -0.490 e. The number of hydrogen-bond donors (Lipinski definition) is 2. The van der Waals surface area contributed by atoms with Gasteiger partial charge < -0.3 is 20.5 Å². The molecule has 1 atom stereocenters. The summed E-state index contributed by atoms with van der Waals surface area (Å²) in [4.78, 5) is 7.31.